The molecule has 0 atom stereocenters. The minimum atomic E-state index is -0.618. The van der Waals surface area contributed by atoms with Crippen molar-refractivity contribution in [3.05, 3.63) is 64.7 Å². The number of ether oxygens (including phenoxy) is 3. The molecule has 2 aromatic carbocycles. The van der Waals surface area contributed by atoms with E-state index in [1.54, 1.807) is 10.7 Å². The number of anilines is 1. The first-order valence-electron chi connectivity index (χ1n) is 10.4. The molecular formula is C24H19N3O6S. The number of para-hydroxylation sites is 1. The van der Waals surface area contributed by atoms with Crippen LogP contribution in [0.3, 0.4) is 0 Å². The highest BCUT2D eigenvalue weighted by Gasteiger charge is 2.22. The fourth-order valence-electron chi connectivity index (χ4n) is 3.62. The predicted octanol–water partition coefficient (Wildman–Crippen LogP) is 4.12. The van der Waals surface area contributed by atoms with Gasteiger partial charge in [0, 0.05) is 17.0 Å². The van der Waals surface area contributed by atoms with Crippen molar-refractivity contribution < 1.29 is 28.6 Å². The molecule has 1 N–H and O–H groups in total. The molecule has 0 unspecified atom stereocenters. The number of fused-ring (bicyclic) bond motifs is 2. The lowest BCUT2D eigenvalue weighted by Gasteiger charge is -2.10. The van der Waals surface area contributed by atoms with Crippen molar-refractivity contribution in [1.82, 2.24) is 9.78 Å². The molecule has 1 aliphatic heterocycles. The minimum absolute atomic E-state index is 0.0400. The molecule has 0 radical (unpaired) electrons. The largest absolute Gasteiger partial charge is 0.454 e. The third kappa shape index (κ3) is 3.99. The highest BCUT2D eigenvalue weighted by molar-refractivity contribution is 7.20. The third-order valence-electron chi connectivity index (χ3n) is 5.25. The van der Waals surface area contributed by atoms with Gasteiger partial charge >= 0.3 is 5.97 Å². The molecule has 34 heavy (non-hydrogen) atoms. The first-order chi connectivity index (χ1) is 16.4. The van der Waals surface area contributed by atoms with E-state index in [1.165, 1.54) is 30.4 Å². The second-order valence-corrected chi connectivity index (χ2v) is 8.62. The van der Waals surface area contributed by atoms with Gasteiger partial charge in [0.2, 0.25) is 6.79 Å². The molecular weight excluding hydrogens is 458 g/mol. The van der Waals surface area contributed by atoms with E-state index in [-0.39, 0.29) is 23.8 Å². The van der Waals surface area contributed by atoms with Crippen LogP contribution in [0.25, 0.3) is 15.9 Å². The molecule has 0 saturated carbocycles. The van der Waals surface area contributed by atoms with E-state index in [1.807, 2.05) is 37.3 Å². The number of carbonyl (C=O) groups is 3. The Bertz CT molecular complexity index is 1440. The third-order valence-corrected chi connectivity index (χ3v) is 6.34. The molecule has 10 heteroatoms. The number of hydrogen-bond donors (Lipinski definition) is 1. The number of esters is 1. The quantitative estimate of drug-likeness (QED) is 0.329. The molecule has 4 aromatic rings. The summed E-state index contributed by atoms with van der Waals surface area (Å²) in [7, 11) is 0. The second-order valence-electron chi connectivity index (χ2n) is 7.59. The van der Waals surface area contributed by atoms with Crippen molar-refractivity contribution in [3.63, 3.8) is 0 Å². The van der Waals surface area contributed by atoms with Gasteiger partial charge < -0.3 is 19.5 Å². The zero-order valence-electron chi connectivity index (χ0n) is 18.3. The zero-order valence-corrected chi connectivity index (χ0v) is 19.1. The maximum Gasteiger partial charge on any atom is 0.348 e. The van der Waals surface area contributed by atoms with Crippen molar-refractivity contribution in [2.75, 3.05) is 18.7 Å². The number of ketones is 1. The molecule has 2 aromatic heterocycles. The molecule has 0 aliphatic carbocycles. The van der Waals surface area contributed by atoms with Gasteiger partial charge in [-0.25, -0.2) is 9.48 Å². The van der Waals surface area contributed by atoms with E-state index >= 15 is 0 Å². The minimum Gasteiger partial charge on any atom is -0.454 e. The van der Waals surface area contributed by atoms with Crippen LogP contribution in [-0.4, -0.2) is 40.8 Å². The number of aryl methyl sites for hydroxylation is 1. The van der Waals surface area contributed by atoms with Gasteiger partial charge in [-0.05, 0) is 38.1 Å². The van der Waals surface area contributed by atoms with Crippen molar-refractivity contribution >= 4 is 44.9 Å². The summed E-state index contributed by atoms with van der Waals surface area (Å²) >= 11 is 1.24. The zero-order chi connectivity index (χ0) is 23.8. The molecule has 0 spiro atoms. The Labute approximate surface area is 197 Å². The molecule has 0 fully saturated rings. The van der Waals surface area contributed by atoms with Gasteiger partial charge in [-0.3, -0.25) is 9.59 Å². The molecule has 3 heterocycles. The van der Waals surface area contributed by atoms with E-state index in [0.717, 1.165) is 21.6 Å². The molecule has 1 aliphatic rings. The maximum atomic E-state index is 12.6. The first kappa shape index (κ1) is 21.7. The average Bonchev–Trinajstić information content (AvgIpc) is 3.54. The number of Topliss-reactive ketones (excluding diaryl/α,β-unsaturated/α-hetero) is 1. The lowest BCUT2D eigenvalue weighted by molar-refractivity contribution is -0.119. The van der Waals surface area contributed by atoms with Crippen molar-refractivity contribution in [2.45, 2.75) is 13.8 Å². The maximum absolute atomic E-state index is 12.6. The summed E-state index contributed by atoms with van der Waals surface area (Å²) in [5.74, 6) is -0.594. The van der Waals surface area contributed by atoms with Gasteiger partial charge in [0.1, 0.15) is 9.71 Å². The Hall–Kier alpha value is -4.18. The second kappa shape index (κ2) is 8.64. The Morgan fingerprint density at radius 2 is 1.85 bits per heavy atom. The standard InChI is InChI=1S/C24H19N3O6S/c1-13-16-9-21(34-23(16)27(26-13)15-6-4-3-5-7-15)24(30)31-11-22(29)25-18-10-20-19(32-12-33-20)8-17(18)14(2)28/h3-10H,11-12H2,1-2H3,(H,25,29). The van der Waals surface area contributed by atoms with Crippen molar-refractivity contribution in [1.29, 1.82) is 0 Å². The fraction of sp³-hybridized carbons (Fsp3) is 0.167. The summed E-state index contributed by atoms with van der Waals surface area (Å²) in [5.41, 5.74) is 2.20. The SMILES string of the molecule is CC(=O)c1cc2c(cc1NC(=O)COC(=O)c1cc3c(C)nn(-c4ccccc4)c3s1)OCO2. The van der Waals surface area contributed by atoms with Crippen molar-refractivity contribution in [2.24, 2.45) is 0 Å². The smallest absolute Gasteiger partial charge is 0.348 e. The van der Waals surface area contributed by atoms with Crippen molar-refractivity contribution in [3.8, 4) is 17.2 Å². The number of hydrogen-bond acceptors (Lipinski definition) is 8. The van der Waals surface area contributed by atoms with Crippen LogP contribution in [0.1, 0.15) is 32.6 Å². The van der Waals surface area contributed by atoms with Crippen LogP contribution >= 0.6 is 11.3 Å². The summed E-state index contributed by atoms with van der Waals surface area (Å²) in [6.45, 7) is 2.78. The molecule has 172 valence electrons. The molecule has 0 bridgehead atoms. The number of aromatic nitrogens is 2. The fourth-order valence-corrected chi connectivity index (χ4v) is 4.69. The summed E-state index contributed by atoms with van der Waals surface area (Å²) in [5, 5.41) is 8.00. The van der Waals surface area contributed by atoms with Crippen LogP contribution in [-0.2, 0) is 9.53 Å². The number of rotatable bonds is 6. The summed E-state index contributed by atoms with van der Waals surface area (Å²) in [6, 6.07) is 14.4. The number of nitrogens with one attached hydrogen (secondary N) is 1. The lowest BCUT2D eigenvalue weighted by Crippen LogP contribution is -2.21. The van der Waals surface area contributed by atoms with Crippen LogP contribution in [0.15, 0.2) is 48.5 Å². The Morgan fingerprint density at radius 3 is 2.59 bits per heavy atom. The summed E-state index contributed by atoms with van der Waals surface area (Å²) < 4.78 is 17.6. The number of amides is 1. The molecule has 5 rings (SSSR count). The van der Waals surface area contributed by atoms with E-state index in [0.29, 0.717) is 16.4 Å². The Kier molecular flexibility index (Phi) is 5.50. The number of carbonyl (C=O) groups excluding carboxylic acids is 3. The topological polar surface area (TPSA) is 109 Å². The lowest BCUT2D eigenvalue weighted by atomic mass is 10.1. The summed E-state index contributed by atoms with van der Waals surface area (Å²) in [4.78, 5) is 38.3. The van der Waals surface area contributed by atoms with Crippen LogP contribution in [0.2, 0.25) is 0 Å². The Morgan fingerprint density at radius 1 is 1.12 bits per heavy atom. The highest BCUT2D eigenvalue weighted by atomic mass is 32.1. The van der Waals surface area contributed by atoms with Crippen LogP contribution in [0.4, 0.5) is 5.69 Å². The van der Waals surface area contributed by atoms with E-state index in [9.17, 15) is 14.4 Å². The first-order valence-corrected chi connectivity index (χ1v) is 11.2. The van der Waals surface area contributed by atoms with Gasteiger partial charge in [0.15, 0.2) is 23.9 Å². The molecule has 0 saturated heterocycles. The number of nitrogens with zero attached hydrogens (tertiary/aromatic N) is 2. The van der Waals surface area contributed by atoms with Crippen LogP contribution in [0.5, 0.6) is 11.5 Å². The Balaban J connectivity index is 1.30. The van der Waals surface area contributed by atoms with E-state index < -0.39 is 18.5 Å². The highest BCUT2D eigenvalue weighted by Crippen LogP contribution is 2.37. The summed E-state index contributed by atoms with van der Waals surface area (Å²) in [6.07, 6.45) is 0. The van der Waals surface area contributed by atoms with E-state index in [4.69, 9.17) is 14.2 Å². The monoisotopic (exact) mass is 477 g/mol. The molecule has 1 amide bonds. The van der Waals surface area contributed by atoms with E-state index in [2.05, 4.69) is 10.4 Å². The predicted molar refractivity (Wildman–Crippen MR) is 125 cm³/mol. The van der Waals surface area contributed by atoms with Gasteiger partial charge in [-0.1, -0.05) is 18.2 Å². The van der Waals surface area contributed by atoms with Gasteiger partial charge in [0.25, 0.3) is 5.91 Å². The average molecular weight is 477 g/mol. The van der Waals surface area contributed by atoms with Crippen LogP contribution in [0, 0.1) is 6.92 Å². The molecule has 9 nitrogen and oxygen atoms in total. The number of benzene rings is 2. The van der Waals surface area contributed by atoms with Gasteiger partial charge in [-0.15, -0.1) is 11.3 Å². The normalized spacial score (nSPS) is 12.1. The van der Waals surface area contributed by atoms with Crippen LogP contribution < -0.4 is 14.8 Å². The number of thiophene rings is 1. The van der Waals surface area contributed by atoms with Gasteiger partial charge in [0.05, 0.1) is 17.1 Å². The van der Waals surface area contributed by atoms with Gasteiger partial charge in [-0.2, -0.15) is 5.10 Å².